The van der Waals surface area contributed by atoms with Crippen LogP contribution in [0.5, 0.6) is 0 Å². The van der Waals surface area contributed by atoms with Gasteiger partial charge in [0.05, 0.1) is 16.9 Å². The zero-order valence-electron chi connectivity index (χ0n) is 20.9. The van der Waals surface area contributed by atoms with Gasteiger partial charge in [-0.05, 0) is 44.9 Å². The van der Waals surface area contributed by atoms with Crippen LogP contribution in [0.15, 0.2) is 48.5 Å². The number of sulfonamides is 1. The molecule has 2 amide bonds. The number of nitrogens with zero attached hydrogens (tertiary/aromatic N) is 3. The predicted molar refractivity (Wildman–Crippen MR) is 139 cm³/mol. The number of carbonyl (C=O) groups is 2. The zero-order valence-corrected chi connectivity index (χ0v) is 22.5. The molecule has 0 aliphatic heterocycles. The SMILES string of the molecule is CCC(C(=O)NC(C)(C)C)N(Cc1ccccc1Cl)C(=O)CN(c1cccc([N+](=O)[O-])c1)S(C)(=O)=O. The number of nitro benzene ring substituents is 1. The van der Waals surface area contributed by atoms with Crippen molar-refractivity contribution in [1.82, 2.24) is 10.2 Å². The molecular weight excluding hydrogens is 508 g/mol. The van der Waals surface area contributed by atoms with Crippen molar-refractivity contribution < 1.29 is 22.9 Å². The molecule has 1 unspecified atom stereocenters. The summed E-state index contributed by atoms with van der Waals surface area (Å²) in [6, 6.07) is 10.9. The number of rotatable bonds is 10. The third-order valence-corrected chi connectivity index (χ3v) is 6.70. The van der Waals surface area contributed by atoms with E-state index in [0.717, 1.165) is 16.6 Å². The first-order valence-electron chi connectivity index (χ1n) is 11.2. The van der Waals surface area contributed by atoms with Crippen LogP contribution in [-0.2, 0) is 26.2 Å². The molecule has 10 nitrogen and oxygen atoms in total. The topological polar surface area (TPSA) is 130 Å². The maximum atomic E-state index is 13.6. The molecule has 0 saturated heterocycles. The molecule has 0 fully saturated rings. The Bertz CT molecular complexity index is 1230. The smallest absolute Gasteiger partial charge is 0.271 e. The van der Waals surface area contributed by atoms with Crippen LogP contribution in [0.25, 0.3) is 0 Å². The summed E-state index contributed by atoms with van der Waals surface area (Å²) in [7, 11) is -4.01. The Balaban J connectivity index is 2.51. The lowest BCUT2D eigenvalue weighted by Crippen LogP contribution is -2.55. The molecule has 12 heteroatoms. The normalized spacial score (nSPS) is 12.5. The Morgan fingerprint density at radius 1 is 1.14 bits per heavy atom. The van der Waals surface area contributed by atoms with Crippen LogP contribution in [0, 0.1) is 10.1 Å². The fraction of sp³-hybridized carbons (Fsp3) is 0.417. The average Bonchev–Trinajstić information content (AvgIpc) is 2.76. The molecule has 0 saturated carbocycles. The van der Waals surface area contributed by atoms with Gasteiger partial charge in [0.1, 0.15) is 12.6 Å². The Morgan fingerprint density at radius 2 is 1.78 bits per heavy atom. The maximum absolute atomic E-state index is 13.6. The highest BCUT2D eigenvalue weighted by molar-refractivity contribution is 7.92. The summed E-state index contributed by atoms with van der Waals surface area (Å²) in [5.41, 5.74) is -0.344. The monoisotopic (exact) mass is 538 g/mol. The summed E-state index contributed by atoms with van der Waals surface area (Å²) in [5, 5.41) is 14.5. The summed E-state index contributed by atoms with van der Waals surface area (Å²) >= 11 is 6.32. The molecule has 1 N–H and O–H groups in total. The van der Waals surface area contributed by atoms with Crippen molar-refractivity contribution in [3.63, 3.8) is 0 Å². The van der Waals surface area contributed by atoms with E-state index in [1.54, 1.807) is 31.2 Å². The quantitative estimate of drug-likeness (QED) is 0.362. The van der Waals surface area contributed by atoms with Crippen LogP contribution >= 0.6 is 11.6 Å². The Labute approximate surface area is 216 Å². The number of carbonyl (C=O) groups excluding carboxylic acids is 2. The molecule has 0 aliphatic rings. The lowest BCUT2D eigenvalue weighted by molar-refractivity contribution is -0.384. The molecule has 2 aromatic rings. The summed E-state index contributed by atoms with van der Waals surface area (Å²) in [6.45, 7) is 6.47. The third-order valence-electron chi connectivity index (χ3n) is 5.19. The first kappa shape index (κ1) is 29.1. The van der Waals surface area contributed by atoms with Crippen molar-refractivity contribution in [2.75, 3.05) is 17.1 Å². The molecule has 2 aromatic carbocycles. The molecule has 196 valence electrons. The number of nitrogens with one attached hydrogen (secondary N) is 1. The van der Waals surface area contributed by atoms with E-state index in [1.807, 2.05) is 20.8 Å². The van der Waals surface area contributed by atoms with Gasteiger partial charge in [0.15, 0.2) is 0 Å². The number of benzene rings is 2. The summed E-state index contributed by atoms with van der Waals surface area (Å²) in [4.78, 5) is 38.6. The Hall–Kier alpha value is -3.18. The summed E-state index contributed by atoms with van der Waals surface area (Å²) < 4.78 is 26.0. The van der Waals surface area contributed by atoms with Crippen LogP contribution in [0.4, 0.5) is 11.4 Å². The number of hydrogen-bond acceptors (Lipinski definition) is 6. The van der Waals surface area contributed by atoms with Gasteiger partial charge in [0.25, 0.3) is 5.69 Å². The van der Waals surface area contributed by atoms with Gasteiger partial charge in [-0.3, -0.25) is 24.0 Å². The third kappa shape index (κ3) is 7.92. The number of amides is 2. The highest BCUT2D eigenvalue weighted by Gasteiger charge is 2.33. The standard InChI is InChI=1S/C24H31ClN4O6S/c1-6-21(23(31)26-24(2,3)4)27(15-17-10-7-8-13-20(17)25)22(30)16-28(36(5,34)35)18-11-9-12-19(14-18)29(32)33/h7-14,21H,6,15-16H2,1-5H3,(H,26,31). The fourth-order valence-electron chi connectivity index (χ4n) is 3.56. The largest absolute Gasteiger partial charge is 0.350 e. The highest BCUT2D eigenvalue weighted by atomic mass is 35.5. The molecule has 0 radical (unpaired) electrons. The van der Waals surface area contributed by atoms with Crippen molar-refractivity contribution in [3.05, 3.63) is 69.2 Å². The van der Waals surface area contributed by atoms with E-state index in [-0.39, 0.29) is 24.3 Å². The number of anilines is 1. The Kier molecular flexibility index (Phi) is 9.44. The number of nitro groups is 1. The molecular formula is C24H31ClN4O6S. The minimum absolute atomic E-state index is 0.0371. The van der Waals surface area contributed by atoms with Gasteiger partial charge < -0.3 is 10.2 Å². The van der Waals surface area contributed by atoms with Crippen molar-refractivity contribution in [3.8, 4) is 0 Å². The maximum Gasteiger partial charge on any atom is 0.271 e. The Morgan fingerprint density at radius 3 is 2.31 bits per heavy atom. The molecule has 0 aliphatic carbocycles. The minimum Gasteiger partial charge on any atom is -0.350 e. The van der Waals surface area contributed by atoms with Gasteiger partial charge >= 0.3 is 0 Å². The van der Waals surface area contributed by atoms with E-state index in [1.165, 1.54) is 23.1 Å². The molecule has 2 rings (SSSR count). The predicted octanol–water partition coefficient (Wildman–Crippen LogP) is 3.74. The van der Waals surface area contributed by atoms with Gasteiger partial charge in [-0.25, -0.2) is 8.42 Å². The molecule has 0 heterocycles. The second-order valence-corrected chi connectivity index (χ2v) is 11.6. The number of hydrogen-bond donors (Lipinski definition) is 1. The van der Waals surface area contributed by atoms with Crippen molar-refractivity contribution in [2.45, 2.75) is 52.2 Å². The lowest BCUT2D eigenvalue weighted by Gasteiger charge is -2.34. The molecule has 36 heavy (non-hydrogen) atoms. The highest BCUT2D eigenvalue weighted by Crippen LogP contribution is 2.25. The van der Waals surface area contributed by atoms with E-state index < -0.39 is 44.9 Å². The summed E-state index contributed by atoms with van der Waals surface area (Å²) in [5.74, 6) is -1.06. The molecule has 0 aromatic heterocycles. The van der Waals surface area contributed by atoms with E-state index in [0.29, 0.717) is 10.6 Å². The van der Waals surface area contributed by atoms with Crippen molar-refractivity contribution in [1.29, 1.82) is 0 Å². The molecule has 0 bridgehead atoms. The van der Waals surface area contributed by atoms with Crippen molar-refractivity contribution >= 4 is 44.8 Å². The van der Waals surface area contributed by atoms with E-state index in [2.05, 4.69) is 5.32 Å². The van der Waals surface area contributed by atoms with Crippen LogP contribution in [0.2, 0.25) is 5.02 Å². The lowest BCUT2D eigenvalue weighted by atomic mass is 10.1. The second-order valence-electron chi connectivity index (χ2n) is 9.32. The molecule has 1 atom stereocenters. The van der Waals surface area contributed by atoms with Gasteiger partial charge in [0.2, 0.25) is 21.8 Å². The van der Waals surface area contributed by atoms with Gasteiger partial charge in [-0.2, -0.15) is 0 Å². The van der Waals surface area contributed by atoms with Gasteiger partial charge in [-0.1, -0.05) is 42.8 Å². The van der Waals surface area contributed by atoms with Crippen molar-refractivity contribution in [2.24, 2.45) is 0 Å². The number of halogens is 1. The summed E-state index contributed by atoms with van der Waals surface area (Å²) in [6.07, 6.45) is 1.16. The molecule has 0 spiro atoms. The fourth-order valence-corrected chi connectivity index (χ4v) is 4.59. The minimum atomic E-state index is -4.01. The van der Waals surface area contributed by atoms with Crippen LogP contribution < -0.4 is 9.62 Å². The van der Waals surface area contributed by atoms with E-state index in [4.69, 9.17) is 11.6 Å². The van der Waals surface area contributed by atoms with Crippen LogP contribution in [0.3, 0.4) is 0 Å². The first-order chi connectivity index (χ1) is 16.6. The van der Waals surface area contributed by atoms with Crippen LogP contribution in [-0.4, -0.2) is 54.4 Å². The van der Waals surface area contributed by atoms with Crippen LogP contribution in [0.1, 0.15) is 39.7 Å². The van der Waals surface area contributed by atoms with E-state index in [9.17, 15) is 28.1 Å². The first-order valence-corrected chi connectivity index (χ1v) is 13.4. The van der Waals surface area contributed by atoms with Gasteiger partial charge in [0, 0.05) is 29.2 Å². The van der Waals surface area contributed by atoms with E-state index >= 15 is 0 Å². The van der Waals surface area contributed by atoms with Gasteiger partial charge in [-0.15, -0.1) is 0 Å². The zero-order chi connectivity index (χ0) is 27.3. The number of non-ortho nitro benzene ring substituents is 1. The average molecular weight is 539 g/mol. The second kappa shape index (κ2) is 11.7.